The number of nitrogens with zero attached hydrogens (tertiary/aromatic N) is 2. The van der Waals surface area contributed by atoms with E-state index in [0.717, 1.165) is 17.0 Å². The van der Waals surface area contributed by atoms with Crippen molar-refractivity contribution in [3.63, 3.8) is 0 Å². The molecule has 1 aromatic carbocycles. The number of guanidine groups is 1. The Bertz CT molecular complexity index is 659. The quantitative estimate of drug-likeness (QED) is 0.579. The topological polar surface area (TPSA) is 97.6 Å². The molecule has 0 unspecified atom stereocenters. The first-order valence-corrected chi connectivity index (χ1v) is 6.84. The molecule has 0 aliphatic heterocycles. The highest BCUT2D eigenvalue weighted by Gasteiger charge is 2.08. The average molecular weight is 303 g/mol. The molecule has 1 aromatic heterocycles. The number of aliphatic imine (C=N–C) groups is 1. The number of ether oxygens (including phenoxy) is 2. The SMILES string of the molecule is COc1ccc(OC)c(NC(N)=NCc2c(C)n[nH]c2C)c1. The fourth-order valence-electron chi connectivity index (χ4n) is 2.06. The molecule has 0 bridgehead atoms. The second-order valence-corrected chi connectivity index (χ2v) is 4.81. The number of H-pyrrole nitrogens is 1. The molecule has 22 heavy (non-hydrogen) atoms. The molecule has 118 valence electrons. The molecule has 0 atom stereocenters. The lowest BCUT2D eigenvalue weighted by molar-refractivity contribution is 0.405. The van der Waals surface area contributed by atoms with Crippen molar-refractivity contribution in [1.29, 1.82) is 0 Å². The number of nitrogens with two attached hydrogens (primary N) is 1. The number of aromatic amines is 1. The van der Waals surface area contributed by atoms with Crippen molar-refractivity contribution in [2.45, 2.75) is 20.4 Å². The normalized spacial score (nSPS) is 11.4. The molecule has 2 aromatic rings. The highest BCUT2D eigenvalue weighted by molar-refractivity contribution is 5.94. The summed E-state index contributed by atoms with van der Waals surface area (Å²) in [6, 6.07) is 5.42. The number of aryl methyl sites for hydroxylation is 2. The van der Waals surface area contributed by atoms with E-state index in [2.05, 4.69) is 20.5 Å². The fraction of sp³-hybridized carbons (Fsp3) is 0.333. The molecular weight excluding hydrogens is 282 g/mol. The van der Waals surface area contributed by atoms with Gasteiger partial charge in [0, 0.05) is 17.3 Å². The highest BCUT2D eigenvalue weighted by atomic mass is 16.5. The van der Waals surface area contributed by atoms with E-state index in [4.69, 9.17) is 15.2 Å². The highest BCUT2D eigenvalue weighted by Crippen LogP contribution is 2.28. The van der Waals surface area contributed by atoms with Crippen LogP contribution in [0.1, 0.15) is 17.0 Å². The van der Waals surface area contributed by atoms with Gasteiger partial charge in [0.1, 0.15) is 11.5 Å². The van der Waals surface area contributed by atoms with Gasteiger partial charge in [0.15, 0.2) is 5.96 Å². The number of hydrogen-bond acceptors (Lipinski definition) is 4. The summed E-state index contributed by atoms with van der Waals surface area (Å²) in [5.74, 6) is 1.67. The number of methoxy groups -OCH3 is 2. The number of anilines is 1. The molecule has 0 amide bonds. The lowest BCUT2D eigenvalue weighted by Gasteiger charge is -2.12. The smallest absolute Gasteiger partial charge is 0.193 e. The first-order valence-electron chi connectivity index (χ1n) is 6.84. The van der Waals surface area contributed by atoms with E-state index in [-0.39, 0.29) is 0 Å². The Morgan fingerprint density at radius 2 is 2.09 bits per heavy atom. The van der Waals surface area contributed by atoms with Gasteiger partial charge in [-0.05, 0) is 26.0 Å². The standard InChI is InChI=1S/C15H21N5O2/c1-9-12(10(2)20-19-9)8-17-15(16)18-13-7-11(21-3)5-6-14(13)22-4/h5-7H,8H2,1-4H3,(H,19,20)(H3,16,17,18). The minimum Gasteiger partial charge on any atom is -0.497 e. The van der Waals surface area contributed by atoms with Crippen molar-refractivity contribution in [2.24, 2.45) is 10.7 Å². The molecule has 0 saturated heterocycles. The zero-order valence-electron chi connectivity index (χ0n) is 13.2. The molecule has 0 fully saturated rings. The van der Waals surface area contributed by atoms with E-state index in [1.54, 1.807) is 26.4 Å². The second-order valence-electron chi connectivity index (χ2n) is 4.81. The van der Waals surface area contributed by atoms with Crippen LogP contribution in [0.2, 0.25) is 0 Å². The molecule has 7 heteroatoms. The van der Waals surface area contributed by atoms with Gasteiger partial charge in [-0.2, -0.15) is 5.10 Å². The average Bonchev–Trinajstić information content (AvgIpc) is 2.83. The van der Waals surface area contributed by atoms with E-state index in [9.17, 15) is 0 Å². The monoisotopic (exact) mass is 303 g/mol. The molecule has 4 N–H and O–H groups in total. The number of benzene rings is 1. The van der Waals surface area contributed by atoms with Crippen LogP contribution in [0.5, 0.6) is 11.5 Å². The first-order chi connectivity index (χ1) is 10.5. The fourth-order valence-corrected chi connectivity index (χ4v) is 2.06. The molecule has 0 radical (unpaired) electrons. The van der Waals surface area contributed by atoms with Crippen molar-refractivity contribution in [3.8, 4) is 11.5 Å². The number of aromatic nitrogens is 2. The molecule has 0 spiro atoms. The molecular formula is C15H21N5O2. The molecule has 7 nitrogen and oxygen atoms in total. The molecule has 0 saturated carbocycles. The van der Waals surface area contributed by atoms with E-state index < -0.39 is 0 Å². The Balaban J connectivity index is 2.14. The summed E-state index contributed by atoms with van der Waals surface area (Å²) in [6.07, 6.45) is 0. The Kier molecular flexibility index (Phi) is 4.88. The van der Waals surface area contributed by atoms with Crippen molar-refractivity contribution < 1.29 is 9.47 Å². The summed E-state index contributed by atoms with van der Waals surface area (Å²) in [7, 11) is 3.20. The minimum atomic E-state index is 0.298. The van der Waals surface area contributed by atoms with E-state index >= 15 is 0 Å². The van der Waals surface area contributed by atoms with Crippen LogP contribution < -0.4 is 20.5 Å². The molecule has 2 rings (SSSR count). The van der Waals surface area contributed by atoms with Gasteiger partial charge in [-0.15, -0.1) is 0 Å². The van der Waals surface area contributed by atoms with Gasteiger partial charge in [-0.3, -0.25) is 5.10 Å². The van der Waals surface area contributed by atoms with Gasteiger partial charge in [-0.1, -0.05) is 0 Å². The van der Waals surface area contributed by atoms with Crippen LogP contribution in [-0.4, -0.2) is 30.4 Å². The lowest BCUT2D eigenvalue weighted by Crippen LogP contribution is -2.23. The van der Waals surface area contributed by atoms with E-state index in [1.165, 1.54) is 0 Å². The predicted octanol–water partition coefficient (Wildman–Crippen LogP) is 1.97. The van der Waals surface area contributed by atoms with Crippen LogP contribution >= 0.6 is 0 Å². The predicted molar refractivity (Wildman–Crippen MR) is 86.6 cm³/mol. The first kappa shape index (κ1) is 15.7. The number of rotatable bonds is 5. The van der Waals surface area contributed by atoms with Crippen LogP contribution in [0.4, 0.5) is 5.69 Å². The summed E-state index contributed by atoms with van der Waals surface area (Å²) in [5, 5.41) is 10.1. The Labute approximate surface area is 129 Å². The van der Waals surface area contributed by atoms with Gasteiger partial charge in [-0.25, -0.2) is 4.99 Å². The number of hydrogen-bond donors (Lipinski definition) is 3. The molecule has 1 heterocycles. The van der Waals surface area contributed by atoms with Crippen molar-refractivity contribution in [2.75, 3.05) is 19.5 Å². The Morgan fingerprint density at radius 3 is 2.68 bits per heavy atom. The maximum atomic E-state index is 5.95. The van der Waals surface area contributed by atoms with Crippen LogP contribution in [0.3, 0.4) is 0 Å². The maximum absolute atomic E-state index is 5.95. The van der Waals surface area contributed by atoms with Gasteiger partial charge < -0.3 is 20.5 Å². The summed E-state index contributed by atoms with van der Waals surface area (Å²) in [5.41, 5.74) is 9.61. The Hall–Kier alpha value is -2.70. The summed E-state index contributed by atoms with van der Waals surface area (Å²) in [4.78, 5) is 4.34. The third kappa shape index (κ3) is 3.49. The van der Waals surface area contributed by atoms with Gasteiger partial charge in [0.05, 0.1) is 32.1 Å². The zero-order valence-corrected chi connectivity index (χ0v) is 13.2. The van der Waals surface area contributed by atoms with Crippen molar-refractivity contribution in [3.05, 3.63) is 35.2 Å². The summed E-state index contributed by atoms with van der Waals surface area (Å²) < 4.78 is 10.5. The van der Waals surface area contributed by atoms with E-state index in [0.29, 0.717) is 29.7 Å². The lowest BCUT2D eigenvalue weighted by atomic mass is 10.2. The largest absolute Gasteiger partial charge is 0.497 e. The van der Waals surface area contributed by atoms with E-state index in [1.807, 2.05) is 19.9 Å². The maximum Gasteiger partial charge on any atom is 0.193 e. The zero-order chi connectivity index (χ0) is 16.1. The van der Waals surface area contributed by atoms with Crippen LogP contribution in [-0.2, 0) is 6.54 Å². The van der Waals surface area contributed by atoms with Crippen LogP contribution in [0.25, 0.3) is 0 Å². The summed E-state index contributed by atoms with van der Waals surface area (Å²) in [6.45, 7) is 4.35. The number of nitrogens with one attached hydrogen (secondary N) is 2. The van der Waals surface area contributed by atoms with Crippen LogP contribution in [0, 0.1) is 13.8 Å². The van der Waals surface area contributed by atoms with Gasteiger partial charge in [0.25, 0.3) is 0 Å². The Morgan fingerprint density at radius 1 is 1.32 bits per heavy atom. The molecule has 0 aliphatic rings. The third-order valence-electron chi connectivity index (χ3n) is 3.36. The van der Waals surface area contributed by atoms with Gasteiger partial charge >= 0.3 is 0 Å². The van der Waals surface area contributed by atoms with Crippen molar-refractivity contribution >= 4 is 11.6 Å². The van der Waals surface area contributed by atoms with Crippen molar-refractivity contribution in [1.82, 2.24) is 10.2 Å². The minimum absolute atomic E-state index is 0.298. The van der Waals surface area contributed by atoms with Crippen LogP contribution in [0.15, 0.2) is 23.2 Å². The molecule has 0 aliphatic carbocycles. The third-order valence-corrected chi connectivity index (χ3v) is 3.36. The summed E-state index contributed by atoms with van der Waals surface area (Å²) >= 11 is 0. The van der Waals surface area contributed by atoms with Gasteiger partial charge in [0.2, 0.25) is 0 Å². The second kappa shape index (κ2) is 6.84.